The lowest BCUT2D eigenvalue weighted by atomic mass is 9.88. The summed E-state index contributed by atoms with van der Waals surface area (Å²) in [4.78, 5) is 12.0. The average molecular weight is 283 g/mol. The molecule has 6 nitrogen and oxygen atoms in total. The Morgan fingerprint density at radius 1 is 1.45 bits per heavy atom. The summed E-state index contributed by atoms with van der Waals surface area (Å²) >= 11 is 0. The number of hydrogen-bond acceptors (Lipinski definition) is 4. The second-order valence-electron chi connectivity index (χ2n) is 6.16. The zero-order valence-electron chi connectivity index (χ0n) is 12.9. The van der Waals surface area contributed by atoms with Crippen LogP contribution in [0.25, 0.3) is 0 Å². The van der Waals surface area contributed by atoms with Gasteiger partial charge in [0.25, 0.3) is 0 Å². The lowest BCUT2D eigenvalue weighted by Gasteiger charge is -2.25. The Labute approximate surface area is 119 Å². The number of aryl methyl sites for hydroxylation is 2. The van der Waals surface area contributed by atoms with Gasteiger partial charge >= 0.3 is 6.03 Å². The number of amides is 2. The van der Waals surface area contributed by atoms with E-state index in [-0.39, 0.29) is 24.1 Å². The molecular weight excluding hydrogens is 258 g/mol. The van der Waals surface area contributed by atoms with E-state index in [0.29, 0.717) is 30.0 Å². The van der Waals surface area contributed by atoms with Gasteiger partial charge in [0.15, 0.2) is 5.76 Å². The van der Waals surface area contributed by atoms with E-state index in [1.807, 2.05) is 6.92 Å². The normalized spacial score (nSPS) is 13.1. The Morgan fingerprint density at radius 2 is 2.10 bits per heavy atom. The van der Waals surface area contributed by atoms with Crippen LogP contribution in [0.3, 0.4) is 0 Å². The van der Waals surface area contributed by atoms with Gasteiger partial charge in [-0.1, -0.05) is 32.9 Å². The van der Waals surface area contributed by atoms with Crippen molar-refractivity contribution in [3.05, 3.63) is 11.5 Å². The summed E-state index contributed by atoms with van der Waals surface area (Å²) in [6, 6.07) is -0.630. The van der Waals surface area contributed by atoms with E-state index in [2.05, 4.69) is 36.6 Å². The molecular formula is C14H25N3O3. The number of aromatic nitrogens is 1. The molecule has 0 aromatic carbocycles. The summed E-state index contributed by atoms with van der Waals surface area (Å²) in [5, 5.41) is 18.7. The fourth-order valence-corrected chi connectivity index (χ4v) is 2.05. The van der Waals surface area contributed by atoms with Crippen molar-refractivity contribution in [3.63, 3.8) is 0 Å². The van der Waals surface area contributed by atoms with Crippen molar-refractivity contribution in [2.75, 3.05) is 11.9 Å². The van der Waals surface area contributed by atoms with Crippen molar-refractivity contribution in [2.45, 2.75) is 53.5 Å². The summed E-state index contributed by atoms with van der Waals surface area (Å²) in [6.45, 7) is 9.81. The Morgan fingerprint density at radius 3 is 2.60 bits per heavy atom. The van der Waals surface area contributed by atoms with E-state index in [4.69, 9.17) is 4.52 Å². The first-order valence-electron chi connectivity index (χ1n) is 6.90. The molecule has 0 saturated heterocycles. The Bertz CT molecular complexity index is 449. The van der Waals surface area contributed by atoms with E-state index in [9.17, 15) is 9.90 Å². The van der Waals surface area contributed by atoms with Crippen LogP contribution in [-0.4, -0.2) is 28.9 Å². The van der Waals surface area contributed by atoms with E-state index < -0.39 is 0 Å². The van der Waals surface area contributed by atoms with Gasteiger partial charge < -0.3 is 20.3 Å². The molecule has 20 heavy (non-hydrogen) atoms. The molecule has 0 aliphatic carbocycles. The minimum Gasteiger partial charge on any atom is -0.394 e. The van der Waals surface area contributed by atoms with Gasteiger partial charge in [-0.2, -0.15) is 0 Å². The first-order valence-corrected chi connectivity index (χ1v) is 6.90. The highest BCUT2D eigenvalue weighted by Gasteiger charge is 2.21. The largest absolute Gasteiger partial charge is 0.394 e. The van der Waals surface area contributed by atoms with Crippen LogP contribution in [0.5, 0.6) is 0 Å². The van der Waals surface area contributed by atoms with E-state index >= 15 is 0 Å². The van der Waals surface area contributed by atoms with Gasteiger partial charge in [0, 0.05) is 6.42 Å². The molecule has 0 saturated carbocycles. The molecule has 1 atom stereocenters. The lowest BCUT2D eigenvalue weighted by Crippen LogP contribution is -2.42. The maximum Gasteiger partial charge on any atom is 0.319 e. The van der Waals surface area contributed by atoms with Crippen LogP contribution < -0.4 is 10.6 Å². The monoisotopic (exact) mass is 283 g/mol. The summed E-state index contributed by atoms with van der Waals surface area (Å²) in [6.07, 6.45) is 1.35. The van der Waals surface area contributed by atoms with Crippen molar-refractivity contribution in [2.24, 2.45) is 5.41 Å². The van der Waals surface area contributed by atoms with Gasteiger partial charge in [0.1, 0.15) is 11.4 Å². The lowest BCUT2D eigenvalue weighted by molar-refractivity contribution is 0.196. The summed E-state index contributed by atoms with van der Waals surface area (Å²) < 4.78 is 5.12. The number of carbonyl (C=O) groups excluding carboxylic acids is 1. The molecule has 1 aromatic rings. The molecule has 0 aliphatic rings. The summed E-state index contributed by atoms with van der Waals surface area (Å²) in [5.41, 5.74) is 1.29. The van der Waals surface area contributed by atoms with Crippen molar-refractivity contribution in [3.8, 4) is 0 Å². The number of nitrogens with one attached hydrogen (secondary N) is 2. The quantitative estimate of drug-likeness (QED) is 0.774. The van der Waals surface area contributed by atoms with Crippen molar-refractivity contribution >= 4 is 11.7 Å². The molecule has 6 heteroatoms. The van der Waals surface area contributed by atoms with Crippen LogP contribution >= 0.6 is 0 Å². The second-order valence-corrected chi connectivity index (χ2v) is 6.16. The third-order valence-electron chi connectivity index (χ3n) is 2.91. The van der Waals surface area contributed by atoms with Crippen LogP contribution in [0.15, 0.2) is 4.52 Å². The standard InChI is InChI=1S/C14H25N3O3/c1-6-11-12(9(2)17-20-11)16-13(19)15-10(8-18)7-14(3,4)5/h10,18H,6-8H2,1-5H3,(H2,15,16,19). The minimum atomic E-state index is -0.352. The van der Waals surface area contributed by atoms with Gasteiger partial charge in [0.05, 0.1) is 12.6 Å². The number of carbonyl (C=O) groups is 1. The third kappa shape index (κ3) is 4.85. The zero-order chi connectivity index (χ0) is 15.3. The first-order chi connectivity index (χ1) is 9.26. The highest BCUT2D eigenvalue weighted by molar-refractivity contribution is 5.90. The number of aliphatic hydroxyl groups is 1. The van der Waals surface area contributed by atoms with Crippen molar-refractivity contribution in [1.29, 1.82) is 0 Å². The fourth-order valence-electron chi connectivity index (χ4n) is 2.05. The predicted octanol–water partition coefficient (Wildman–Crippen LogP) is 2.46. The summed E-state index contributed by atoms with van der Waals surface area (Å²) in [7, 11) is 0. The number of nitrogens with zero attached hydrogens (tertiary/aromatic N) is 1. The van der Waals surface area contributed by atoms with E-state index in [1.54, 1.807) is 6.92 Å². The van der Waals surface area contributed by atoms with E-state index in [0.717, 1.165) is 0 Å². The first kappa shape index (κ1) is 16.5. The third-order valence-corrected chi connectivity index (χ3v) is 2.91. The van der Waals surface area contributed by atoms with Crippen LogP contribution in [-0.2, 0) is 6.42 Å². The number of hydrogen-bond donors (Lipinski definition) is 3. The highest BCUT2D eigenvalue weighted by atomic mass is 16.5. The predicted molar refractivity (Wildman–Crippen MR) is 77.7 cm³/mol. The van der Waals surface area contributed by atoms with Crippen LogP contribution in [0.1, 0.15) is 45.6 Å². The smallest absolute Gasteiger partial charge is 0.319 e. The van der Waals surface area contributed by atoms with Crippen LogP contribution in [0.2, 0.25) is 0 Å². The molecule has 1 aromatic heterocycles. The Hall–Kier alpha value is -1.56. The molecule has 1 unspecified atom stereocenters. The van der Waals surface area contributed by atoms with Crippen molar-refractivity contribution < 1.29 is 14.4 Å². The van der Waals surface area contributed by atoms with Gasteiger partial charge in [-0.25, -0.2) is 4.79 Å². The molecule has 114 valence electrons. The van der Waals surface area contributed by atoms with Gasteiger partial charge in [0.2, 0.25) is 0 Å². The Balaban J connectivity index is 2.64. The average Bonchev–Trinajstić information content (AvgIpc) is 2.68. The maximum absolute atomic E-state index is 12.0. The molecule has 0 radical (unpaired) electrons. The van der Waals surface area contributed by atoms with Crippen LogP contribution in [0.4, 0.5) is 10.5 Å². The number of urea groups is 1. The summed E-state index contributed by atoms with van der Waals surface area (Å²) in [5.74, 6) is 0.647. The molecule has 0 fully saturated rings. The number of aliphatic hydroxyl groups excluding tert-OH is 1. The molecule has 0 bridgehead atoms. The van der Waals surface area contributed by atoms with Gasteiger partial charge in [-0.3, -0.25) is 0 Å². The molecule has 0 spiro atoms. The minimum absolute atomic E-state index is 0.0301. The van der Waals surface area contributed by atoms with Gasteiger partial charge in [-0.05, 0) is 18.8 Å². The molecule has 1 heterocycles. The van der Waals surface area contributed by atoms with Crippen LogP contribution in [0, 0.1) is 12.3 Å². The SMILES string of the molecule is CCc1onc(C)c1NC(=O)NC(CO)CC(C)(C)C. The molecule has 3 N–H and O–H groups in total. The van der Waals surface area contributed by atoms with Gasteiger partial charge in [-0.15, -0.1) is 0 Å². The molecule has 0 aliphatic heterocycles. The zero-order valence-corrected chi connectivity index (χ0v) is 12.9. The highest BCUT2D eigenvalue weighted by Crippen LogP contribution is 2.22. The van der Waals surface area contributed by atoms with E-state index in [1.165, 1.54) is 0 Å². The molecule has 1 rings (SSSR count). The maximum atomic E-state index is 12.0. The molecule has 2 amide bonds. The second kappa shape index (κ2) is 6.74. The number of anilines is 1. The van der Waals surface area contributed by atoms with Crippen molar-refractivity contribution in [1.82, 2.24) is 10.5 Å². The Kier molecular flexibility index (Phi) is 5.56. The fraction of sp³-hybridized carbons (Fsp3) is 0.714. The number of rotatable bonds is 5. The topological polar surface area (TPSA) is 87.4 Å².